The minimum absolute atomic E-state index is 0. The molecule has 0 unspecified atom stereocenters. The second-order valence-corrected chi connectivity index (χ2v) is 5.91. The highest BCUT2D eigenvalue weighted by Crippen LogP contribution is 2.25. The number of nitrogens with zero attached hydrogens (tertiary/aromatic N) is 2. The van der Waals surface area contributed by atoms with Crippen molar-refractivity contribution in [1.29, 1.82) is 0 Å². The molecule has 0 aliphatic rings. The summed E-state index contributed by atoms with van der Waals surface area (Å²) >= 11 is 1.60. The minimum atomic E-state index is 0. The molecule has 0 radical (unpaired) electrons. The standard InChI is InChI=1S/C17H24N4O2S.HI/c1-3-23-10-4-9-19-17(18)20-11-14-12-24-16(21-14)13-5-7-15(22-2)8-6-13;/h5-8,12H,3-4,9-11H2,1-2H3,(H3,18,19,20);1H. The molecule has 2 aromatic rings. The summed E-state index contributed by atoms with van der Waals surface area (Å²) in [6, 6.07) is 7.86. The predicted octanol–water partition coefficient (Wildman–Crippen LogP) is 3.27. The van der Waals surface area contributed by atoms with Crippen LogP contribution in [0.25, 0.3) is 10.6 Å². The number of nitrogens with two attached hydrogens (primary N) is 1. The first-order chi connectivity index (χ1) is 11.7. The van der Waals surface area contributed by atoms with Gasteiger partial charge in [0.25, 0.3) is 0 Å². The van der Waals surface area contributed by atoms with Crippen molar-refractivity contribution in [3.05, 3.63) is 35.3 Å². The second kappa shape index (κ2) is 12.0. The predicted molar refractivity (Wildman–Crippen MR) is 114 cm³/mol. The van der Waals surface area contributed by atoms with Crippen LogP contribution in [0.15, 0.2) is 34.6 Å². The normalized spacial score (nSPS) is 11.0. The van der Waals surface area contributed by atoms with E-state index in [1.807, 2.05) is 36.6 Å². The first-order valence-corrected chi connectivity index (χ1v) is 8.81. The Hall–Kier alpha value is -1.39. The highest BCUT2D eigenvalue weighted by molar-refractivity contribution is 14.0. The Labute approximate surface area is 169 Å². The molecule has 0 fully saturated rings. The molecule has 0 amide bonds. The maximum Gasteiger partial charge on any atom is 0.188 e. The number of hydrogen-bond donors (Lipinski definition) is 2. The quantitative estimate of drug-likeness (QED) is 0.251. The van der Waals surface area contributed by atoms with Gasteiger partial charge in [-0.25, -0.2) is 9.98 Å². The van der Waals surface area contributed by atoms with E-state index >= 15 is 0 Å². The van der Waals surface area contributed by atoms with E-state index in [9.17, 15) is 0 Å². The van der Waals surface area contributed by atoms with E-state index in [4.69, 9.17) is 15.2 Å². The molecule has 0 atom stereocenters. The van der Waals surface area contributed by atoms with E-state index in [0.29, 0.717) is 12.5 Å². The first kappa shape index (κ1) is 21.7. The molecular weight excluding hydrogens is 451 g/mol. The minimum Gasteiger partial charge on any atom is -0.497 e. The van der Waals surface area contributed by atoms with Crippen LogP contribution in [0.4, 0.5) is 0 Å². The van der Waals surface area contributed by atoms with Gasteiger partial charge in [-0.15, -0.1) is 35.3 Å². The van der Waals surface area contributed by atoms with Crippen LogP contribution in [0.1, 0.15) is 19.0 Å². The number of aromatic nitrogens is 1. The van der Waals surface area contributed by atoms with Crippen molar-refractivity contribution in [2.45, 2.75) is 19.9 Å². The van der Waals surface area contributed by atoms with Crippen LogP contribution in [0.5, 0.6) is 5.75 Å². The number of halogens is 1. The van der Waals surface area contributed by atoms with Gasteiger partial charge in [-0.2, -0.15) is 0 Å². The average Bonchev–Trinajstić information content (AvgIpc) is 3.09. The molecule has 25 heavy (non-hydrogen) atoms. The number of aliphatic imine (C=N–C) groups is 1. The van der Waals surface area contributed by atoms with E-state index in [-0.39, 0.29) is 24.0 Å². The van der Waals surface area contributed by atoms with Gasteiger partial charge >= 0.3 is 0 Å². The Morgan fingerprint density at radius 1 is 1.32 bits per heavy atom. The number of thiazole rings is 1. The summed E-state index contributed by atoms with van der Waals surface area (Å²) in [5.41, 5.74) is 7.82. The van der Waals surface area contributed by atoms with Gasteiger partial charge in [-0.05, 0) is 37.6 Å². The maximum absolute atomic E-state index is 5.85. The zero-order valence-electron chi connectivity index (χ0n) is 14.5. The van der Waals surface area contributed by atoms with E-state index in [0.717, 1.165) is 48.2 Å². The Balaban J connectivity index is 0.00000312. The summed E-state index contributed by atoms with van der Waals surface area (Å²) in [6.07, 6.45) is 0.905. The fourth-order valence-corrected chi connectivity index (χ4v) is 2.82. The van der Waals surface area contributed by atoms with Crippen LogP contribution >= 0.6 is 35.3 Å². The molecule has 1 heterocycles. The molecule has 8 heteroatoms. The van der Waals surface area contributed by atoms with Crippen LogP contribution in [0, 0.1) is 0 Å². The summed E-state index contributed by atoms with van der Waals surface area (Å²) in [4.78, 5) is 8.91. The second-order valence-electron chi connectivity index (χ2n) is 5.05. The van der Waals surface area contributed by atoms with Gasteiger partial charge in [0.05, 0.1) is 19.3 Å². The molecule has 0 aliphatic carbocycles. The van der Waals surface area contributed by atoms with Crippen LogP contribution in [0.3, 0.4) is 0 Å². The molecule has 0 aliphatic heterocycles. The van der Waals surface area contributed by atoms with Gasteiger partial charge in [-0.3, -0.25) is 0 Å². The molecule has 3 N–H and O–H groups in total. The van der Waals surface area contributed by atoms with Crippen molar-refractivity contribution in [3.63, 3.8) is 0 Å². The van der Waals surface area contributed by atoms with E-state index < -0.39 is 0 Å². The number of nitrogens with one attached hydrogen (secondary N) is 1. The molecule has 2 rings (SSSR count). The fourth-order valence-electron chi connectivity index (χ4n) is 2.00. The zero-order valence-corrected chi connectivity index (χ0v) is 17.7. The molecule has 0 saturated heterocycles. The molecule has 6 nitrogen and oxygen atoms in total. The van der Waals surface area contributed by atoms with Crippen LogP contribution in [0.2, 0.25) is 0 Å². The SMILES string of the molecule is CCOCCCNC(N)=NCc1csc(-c2ccc(OC)cc2)n1.I. The third-order valence-electron chi connectivity index (χ3n) is 3.28. The van der Waals surface area contributed by atoms with E-state index in [1.54, 1.807) is 18.4 Å². The van der Waals surface area contributed by atoms with Crippen molar-refractivity contribution in [3.8, 4) is 16.3 Å². The summed E-state index contributed by atoms with van der Waals surface area (Å²) in [5, 5.41) is 6.04. The van der Waals surface area contributed by atoms with Gasteiger partial charge < -0.3 is 20.5 Å². The molecule has 0 saturated carbocycles. The Morgan fingerprint density at radius 3 is 2.76 bits per heavy atom. The van der Waals surface area contributed by atoms with Crippen LogP contribution in [-0.4, -0.2) is 37.8 Å². The van der Waals surface area contributed by atoms with Crippen LogP contribution in [-0.2, 0) is 11.3 Å². The molecular formula is C17H25IN4O2S. The summed E-state index contributed by atoms with van der Waals surface area (Å²) in [6.45, 7) is 4.68. The lowest BCUT2D eigenvalue weighted by molar-refractivity contribution is 0.145. The molecule has 0 bridgehead atoms. The first-order valence-electron chi connectivity index (χ1n) is 7.93. The van der Waals surface area contributed by atoms with Crippen molar-refractivity contribution in [2.24, 2.45) is 10.7 Å². The number of benzene rings is 1. The largest absolute Gasteiger partial charge is 0.497 e. The van der Waals surface area contributed by atoms with Gasteiger partial charge in [0.1, 0.15) is 10.8 Å². The van der Waals surface area contributed by atoms with E-state index in [2.05, 4.69) is 15.3 Å². The number of rotatable bonds is 9. The lowest BCUT2D eigenvalue weighted by atomic mass is 10.2. The monoisotopic (exact) mass is 476 g/mol. The van der Waals surface area contributed by atoms with Crippen LogP contribution < -0.4 is 15.8 Å². The Bertz CT molecular complexity index is 646. The average molecular weight is 476 g/mol. The van der Waals surface area contributed by atoms with Gasteiger partial charge in [0.15, 0.2) is 5.96 Å². The highest BCUT2D eigenvalue weighted by atomic mass is 127. The number of ether oxygens (including phenoxy) is 2. The third kappa shape index (κ3) is 7.57. The smallest absolute Gasteiger partial charge is 0.188 e. The molecule has 1 aromatic carbocycles. The van der Waals surface area contributed by atoms with Gasteiger partial charge in [0, 0.05) is 30.7 Å². The lowest BCUT2D eigenvalue weighted by Gasteiger charge is -2.05. The van der Waals surface area contributed by atoms with Gasteiger partial charge in [0.2, 0.25) is 0 Å². The highest BCUT2D eigenvalue weighted by Gasteiger charge is 2.05. The summed E-state index contributed by atoms with van der Waals surface area (Å²) in [7, 11) is 1.66. The summed E-state index contributed by atoms with van der Waals surface area (Å²) in [5.74, 6) is 1.27. The molecule has 0 spiro atoms. The third-order valence-corrected chi connectivity index (χ3v) is 4.22. The Kier molecular flexibility index (Phi) is 10.4. The van der Waals surface area contributed by atoms with Gasteiger partial charge in [-0.1, -0.05) is 0 Å². The van der Waals surface area contributed by atoms with Crippen molar-refractivity contribution >= 4 is 41.3 Å². The van der Waals surface area contributed by atoms with E-state index in [1.165, 1.54) is 0 Å². The van der Waals surface area contributed by atoms with Crippen molar-refractivity contribution in [2.75, 3.05) is 26.9 Å². The lowest BCUT2D eigenvalue weighted by Crippen LogP contribution is -2.32. The maximum atomic E-state index is 5.85. The summed E-state index contributed by atoms with van der Waals surface area (Å²) < 4.78 is 10.4. The number of methoxy groups -OCH3 is 1. The number of guanidine groups is 1. The van der Waals surface area contributed by atoms with Crippen molar-refractivity contribution in [1.82, 2.24) is 10.3 Å². The molecule has 138 valence electrons. The zero-order chi connectivity index (χ0) is 17.2. The Morgan fingerprint density at radius 2 is 2.08 bits per heavy atom. The molecule has 1 aromatic heterocycles. The topological polar surface area (TPSA) is 81.8 Å². The fraction of sp³-hybridized carbons (Fsp3) is 0.412. The number of hydrogen-bond acceptors (Lipinski definition) is 5. The van der Waals surface area contributed by atoms with Crippen molar-refractivity contribution < 1.29 is 9.47 Å².